The summed E-state index contributed by atoms with van der Waals surface area (Å²) >= 11 is 0. The normalized spacial score (nSPS) is 27.3. The minimum absolute atomic E-state index is 0.124. The molecule has 2 unspecified atom stereocenters. The highest BCUT2D eigenvalue weighted by atomic mass is 16.2. The first-order valence-corrected chi connectivity index (χ1v) is 6.98. The second-order valence-corrected chi connectivity index (χ2v) is 5.56. The molecule has 6 heteroatoms. The number of imide groups is 1. The van der Waals surface area contributed by atoms with E-state index < -0.39 is 6.03 Å². The number of amides is 3. The van der Waals surface area contributed by atoms with Crippen molar-refractivity contribution < 1.29 is 9.59 Å². The summed E-state index contributed by atoms with van der Waals surface area (Å²) in [6, 6.07) is -0.806. The maximum Gasteiger partial charge on any atom is 0.318 e. The molecule has 1 rings (SSSR count). The number of hydrogen-bond donors (Lipinski definition) is 3. The number of hydrogen-bond acceptors (Lipinski definition) is 4. The van der Waals surface area contributed by atoms with Crippen LogP contribution in [0.2, 0.25) is 0 Å². The van der Waals surface area contributed by atoms with Crippen LogP contribution in [0.4, 0.5) is 4.79 Å². The standard InChI is InChI=1S/C13H26N4O2/c1-3-17(8-11(18)16-12(15)19)13(9-14)6-4-5-10(2)7-13/h10H,3-9,14H2,1-2H3,(H3,15,16,18,19). The van der Waals surface area contributed by atoms with Crippen molar-refractivity contribution >= 4 is 11.9 Å². The molecule has 1 fully saturated rings. The molecule has 1 aliphatic carbocycles. The summed E-state index contributed by atoms with van der Waals surface area (Å²) in [7, 11) is 0. The molecule has 0 aromatic carbocycles. The topological polar surface area (TPSA) is 101 Å². The molecule has 0 aromatic rings. The van der Waals surface area contributed by atoms with E-state index in [4.69, 9.17) is 11.5 Å². The van der Waals surface area contributed by atoms with Gasteiger partial charge >= 0.3 is 6.03 Å². The SMILES string of the molecule is CCN(CC(=O)NC(N)=O)C1(CN)CCCC(C)C1. The van der Waals surface area contributed by atoms with Crippen LogP contribution in [-0.4, -0.2) is 42.0 Å². The third-order valence-corrected chi connectivity index (χ3v) is 4.10. The second-order valence-electron chi connectivity index (χ2n) is 5.56. The van der Waals surface area contributed by atoms with E-state index in [1.165, 1.54) is 6.42 Å². The Labute approximate surface area is 114 Å². The average molecular weight is 270 g/mol. The lowest BCUT2D eigenvalue weighted by Crippen LogP contribution is -2.58. The van der Waals surface area contributed by atoms with Crippen molar-refractivity contribution in [2.45, 2.75) is 45.1 Å². The van der Waals surface area contributed by atoms with Gasteiger partial charge in [0.15, 0.2) is 0 Å². The highest BCUT2D eigenvalue weighted by Crippen LogP contribution is 2.36. The lowest BCUT2D eigenvalue weighted by Gasteiger charge is -2.47. The Morgan fingerprint density at radius 2 is 2.16 bits per heavy atom. The van der Waals surface area contributed by atoms with Gasteiger partial charge in [0.2, 0.25) is 5.91 Å². The van der Waals surface area contributed by atoms with Gasteiger partial charge in [0.1, 0.15) is 0 Å². The zero-order chi connectivity index (χ0) is 14.5. The van der Waals surface area contributed by atoms with Gasteiger partial charge in [-0.25, -0.2) is 4.79 Å². The molecule has 110 valence electrons. The summed E-state index contributed by atoms with van der Waals surface area (Å²) in [5, 5.41) is 2.12. The lowest BCUT2D eigenvalue weighted by molar-refractivity contribution is -0.123. The van der Waals surface area contributed by atoms with Crippen molar-refractivity contribution in [1.29, 1.82) is 0 Å². The monoisotopic (exact) mass is 270 g/mol. The van der Waals surface area contributed by atoms with Crippen LogP contribution in [0.25, 0.3) is 0 Å². The Hall–Kier alpha value is -1.14. The summed E-state index contributed by atoms with van der Waals surface area (Å²) in [5.74, 6) is 0.256. The van der Waals surface area contributed by atoms with E-state index in [0.717, 1.165) is 25.8 Å². The number of carbonyl (C=O) groups is 2. The quantitative estimate of drug-likeness (QED) is 0.673. The van der Waals surface area contributed by atoms with E-state index >= 15 is 0 Å². The molecular weight excluding hydrogens is 244 g/mol. The third-order valence-electron chi connectivity index (χ3n) is 4.10. The largest absolute Gasteiger partial charge is 0.351 e. The minimum atomic E-state index is -0.806. The molecule has 0 heterocycles. The van der Waals surface area contributed by atoms with Gasteiger partial charge in [0.25, 0.3) is 0 Å². The zero-order valence-corrected chi connectivity index (χ0v) is 11.9. The Bertz CT molecular complexity index is 335. The van der Waals surface area contributed by atoms with Gasteiger partial charge in [0, 0.05) is 12.1 Å². The highest BCUT2D eigenvalue weighted by molar-refractivity contribution is 5.94. The van der Waals surface area contributed by atoms with Gasteiger partial charge in [0.05, 0.1) is 6.54 Å². The number of likely N-dealkylation sites (N-methyl/N-ethyl adjacent to an activating group) is 1. The van der Waals surface area contributed by atoms with Crippen LogP contribution in [0.3, 0.4) is 0 Å². The smallest absolute Gasteiger partial charge is 0.318 e. The van der Waals surface area contributed by atoms with Crippen LogP contribution < -0.4 is 16.8 Å². The number of nitrogens with zero attached hydrogens (tertiary/aromatic N) is 1. The van der Waals surface area contributed by atoms with Crippen molar-refractivity contribution in [2.75, 3.05) is 19.6 Å². The molecule has 3 amide bonds. The molecule has 0 aromatic heterocycles. The Morgan fingerprint density at radius 3 is 2.63 bits per heavy atom. The molecule has 19 heavy (non-hydrogen) atoms. The van der Waals surface area contributed by atoms with Gasteiger partial charge in [-0.3, -0.25) is 15.0 Å². The van der Waals surface area contributed by atoms with E-state index in [-0.39, 0.29) is 18.0 Å². The summed E-state index contributed by atoms with van der Waals surface area (Å²) in [5.41, 5.74) is 10.8. The molecule has 0 saturated heterocycles. The van der Waals surface area contributed by atoms with Crippen LogP contribution in [0.15, 0.2) is 0 Å². The Balaban J connectivity index is 2.74. The number of primary amides is 1. The van der Waals surface area contributed by atoms with Gasteiger partial charge < -0.3 is 11.5 Å². The van der Waals surface area contributed by atoms with Gasteiger partial charge in [-0.1, -0.05) is 26.7 Å². The van der Waals surface area contributed by atoms with Gasteiger partial charge in [-0.15, -0.1) is 0 Å². The first kappa shape index (κ1) is 15.9. The number of urea groups is 1. The molecule has 0 aliphatic heterocycles. The molecule has 1 aliphatic rings. The van der Waals surface area contributed by atoms with E-state index in [2.05, 4.69) is 17.1 Å². The maximum atomic E-state index is 11.7. The predicted molar refractivity (Wildman–Crippen MR) is 74.4 cm³/mol. The molecule has 0 radical (unpaired) electrons. The third kappa shape index (κ3) is 4.18. The Kier molecular flexibility index (Phi) is 5.75. The van der Waals surface area contributed by atoms with E-state index in [1.807, 2.05) is 6.92 Å². The minimum Gasteiger partial charge on any atom is -0.351 e. The number of rotatable bonds is 5. The number of nitrogens with one attached hydrogen (secondary N) is 1. The first-order chi connectivity index (χ1) is 8.93. The fraction of sp³-hybridized carbons (Fsp3) is 0.846. The van der Waals surface area contributed by atoms with Crippen LogP contribution in [0.1, 0.15) is 39.5 Å². The average Bonchev–Trinajstić information content (AvgIpc) is 2.34. The summed E-state index contributed by atoms with van der Waals surface area (Å²) in [6.07, 6.45) is 4.35. The molecule has 0 spiro atoms. The van der Waals surface area contributed by atoms with Gasteiger partial charge in [-0.2, -0.15) is 0 Å². The van der Waals surface area contributed by atoms with Crippen molar-refractivity contribution in [1.82, 2.24) is 10.2 Å². The highest BCUT2D eigenvalue weighted by Gasteiger charge is 2.39. The van der Waals surface area contributed by atoms with Crippen LogP contribution in [-0.2, 0) is 4.79 Å². The predicted octanol–water partition coefficient (Wildman–Crippen LogP) is 0.411. The molecule has 2 atom stereocenters. The van der Waals surface area contributed by atoms with Crippen molar-refractivity contribution in [2.24, 2.45) is 17.4 Å². The molecule has 5 N–H and O–H groups in total. The summed E-state index contributed by atoms with van der Waals surface area (Å²) in [4.78, 5) is 24.5. The second kappa shape index (κ2) is 6.86. The molecule has 6 nitrogen and oxygen atoms in total. The van der Waals surface area contributed by atoms with Crippen LogP contribution in [0.5, 0.6) is 0 Å². The van der Waals surface area contributed by atoms with E-state index in [0.29, 0.717) is 12.5 Å². The van der Waals surface area contributed by atoms with Gasteiger partial charge in [-0.05, 0) is 25.3 Å². The Morgan fingerprint density at radius 1 is 1.47 bits per heavy atom. The molecule has 1 saturated carbocycles. The molecular formula is C13H26N4O2. The lowest BCUT2D eigenvalue weighted by atomic mass is 9.75. The number of carbonyl (C=O) groups excluding carboxylic acids is 2. The van der Waals surface area contributed by atoms with Crippen LogP contribution >= 0.6 is 0 Å². The van der Waals surface area contributed by atoms with Crippen LogP contribution in [0, 0.1) is 5.92 Å². The summed E-state index contributed by atoms with van der Waals surface area (Å²) < 4.78 is 0. The van der Waals surface area contributed by atoms with Crippen molar-refractivity contribution in [3.63, 3.8) is 0 Å². The molecule has 0 bridgehead atoms. The fourth-order valence-electron chi connectivity index (χ4n) is 3.20. The fourth-order valence-corrected chi connectivity index (χ4v) is 3.20. The van der Waals surface area contributed by atoms with Crippen molar-refractivity contribution in [3.05, 3.63) is 0 Å². The maximum absolute atomic E-state index is 11.7. The summed E-state index contributed by atoms with van der Waals surface area (Å²) in [6.45, 7) is 5.67. The first-order valence-electron chi connectivity index (χ1n) is 6.98. The van der Waals surface area contributed by atoms with E-state index in [9.17, 15) is 9.59 Å². The van der Waals surface area contributed by atoms with E-state index in [1.54, 1.807) is 0 Å². The zero-order valence-electron chi connectivity index (χ0n) is 11.9. The van der Waals surface area contributed by atoms with Crippen molar-refractivity contribution in [3.8, 4) is 0 Å². The number of nitrogens with two attached hydrogens (primary N) is 2.